The Balaban J connectivity index is 1.45. The summed E-state index contributed by atoms with van der Waals surface area (Å²) in [5.41, 5.74) is 2.23. The normalized spacial score (nSPS) is 14.8. The van der Waals surface area contributed by atoms with Crippen LogP contribution in [0.2, 0.25) is 0 Å². The molecule has 1 aliphatic rings. The van der Waals surface area contributed by atoms with Gasteiger partial charge in [0.1, 0.15) is 11.3 Å². The quantitative estimate of drug-likeness (QED) is 0.771. The number of carbonyl (C=O) groups is 1. The van der Waals surface area contributed by atoms with Gasteiger partial charge in [-0.3, -0.25) is 0 Å². The highest BCUT2D eigenvalue weighted by Gasteiger charge is 2.26. The summed E-state index contributed by atoms with van der Waals surface area (Å²) in [6.45, 7) is 3.18. The van der Waals surface area contributed by atoms with Crippen molar-refractivity contribution >= 4 is 17.4 Å². The number of benzene rings is 1. The smallest absolute Gasteiger partial charge is 0.318 e. The molecule has 0 saturated carbocycles. The Morgan fingerprint density at radius 3 is 2.85 bits per heavy atom. The second kappa shape index (κ2) is 6.87. The van der Waals surface area contributed by atoms with Crippen LogP contribution in [0.3, 0.4) is 0 Å². The maximum Gasteiger partial charge on any atom is 0.318 e. The number of thiazole rings is 1. The van der Waals surface area contributed by atoms with Crippen LogP contribution in [0.4, 0.5) is 4.79 Å². The summed E-state index contributed by atoms with van der Waals surface area (Å²) >= 11 is 1.67. The first-order valence-corrected chi connectivity index (χ1v) is 9.37. The van der Waals surface area contributed by atoms with E-state index in [0.29, 0.717) is 13.1 Å². The first-order valence-electron chi connectivity index (χ1n) is 8.55. The molecule has 1 aliphatic heterocycles. The van der Waals surface area contributed by atoms with E-state index in [0.717, 1.165) is 33.4 Å². The van der Waals surface area contributed by atoms with Gasteiger partial charge in [0.15, 0.2) is 5.82 Å². The fourth-order valence-electron chi connectivity index (χ4n) is 3.10. The summed E-state index contributed by atoms with van der Waals surface area (Å²) in [4.78, 5) is 20.4. The van der Waals surface area contributed by atoms with E-state index >= 15 is 0 Å². The van der Waals surface area contributed by atoms with E-state index in [9.17, 15) is 4.79 Å². The lowest BCUT2D eigenvalue weighted by Gasteiger charge is -2.27. The molecular formula is C18H20N6OS. The Labute approximate surface area is 155 Å². The Morgan fingerprint density at radius 1 is 1.31 bits per heavy atom. The second-order valence-corrected chi connectivity index (χ2v) is 7.48. The van der Waals surface area contributed by atoms with Gasteiger partial charge >= 0.3 is 6.03 Å². The number of aryl methyl sites for hydroxylation is 1. The molecule has 0 radical (unpaired) electrons. The van der Waals surface area contributed by atoms with Crippen molar-refractivity contribution in [1.29, 1.82) is 0 Å². The molecule has 134 valence electrons. The Morgan fingerprint density at radius 2 is 2.12 bits per heavy atom. The molecule has 0 spiro atoms. The number of aromatic nitrogens is 4. The molecule has 1 atom stereocenters. The SMILES string of the molecule is CC(NC(=O)N1CCc2nc(-c3ccccc3)sc2C1)c1nncn1C. The molecule has 1 aromatic carbocycles. The number of urea groups is 1. The van der Waals surface area contributed by atoms with E-state index in [1.807, 2.05) is 41.6 Å². The lowest BCUT2D eigenvalue weighted by Crippen LogP contribution is -2.43. The number of nitrogens with one attached hydrogen (secondary N) is 1. The lowest BCUT2D eigenvalue weighted by molar-refractivity contribution is 0.189. The lowest BCUT2D eigenvalue weighted by atomic mass is 10.2. The van der Waals surface area contributed by atoms with Gasteiger partial charge in [0.25, 0.3) is 0 Å². The summed E-state index contributed by atoms with van der Waals surface area (Å²) in [7, 11) is 1.87. The minimum absolute atomic E-state index is 0.0826. The maximum absolute atomic E-state index is 12.6. The van der Waals surface area contributed by atoms with E-state index in [1.54, 1.807) is 17.7 Å². The van der Waals surface area contributed by atoms with Crippen LogP contribution < -0.4 is 5.32 Å². The number of carbonyl (C=O) groups excluding carboxylic acids is 1. The standard InChI is InChI=1S/C18H20N6OS/c1-12(16-22-19-11-23(16)2)20-18(25)24-9-8-14-15(10-24)26-17(21-14)13-6-4-3-5-7-13/h3-7,11-12H,8-10H2,1-2H3,(H,20,25). The highest BCUT2D eigenvalue weighted by atomic mass is 32.1. The fourth-order valence-corrected chi connectivity index (χ4v) is 4.23. The zero-order valence-corrected chi connectivity index (χ0v) is 15.5. The predicted octanol–water partition coefficient (Wildman–Crippen LogP) is 2.77. The molecule has 1 N–H and O–H groups in total. The van der Waals surface area contributed by atoms with Crippen molar-refractivity contribution in [2.45, 2.75) is 25.9 Å². The van der Waals surface area contributed by atoms with Gasteiger partial charge in [-0.2, -0.15) is 0 Å². The van der Waals surface area contributed by atoms with Gasteiger partial charge in [0, 0.05) is 30.5 Å². The summed E-state index contributed by atoms with van der Waals surface area (Å²) in [6, 6.07) is 9.89. The number of fused-ring (bicyclic) bond motifs is 1. The molecule has 0 aliphatic carbocycles. The van der Waals surface area contributed by atoms with E-state index in [-0.39, 0.29) is 12.1 Å². The van der Waals surface area contributed by atoms with Crippen molar-refractivity contribution in [3.63, 3.8) is 0 Å². The molecule has 0 fully saturated rings. The molecule has 1 unspecified atom stereocenters. The van der Waals surface area contributed by atoms with Crippen LogP contribution in [0, 0.1) is 0 Å². The molecule has 3 aromatic rings. The highest BCUT2D eigenvalue weighted by molar-refractivity contribution is 7.15. The highest BCUT2D eigenvalue weighted by Crippen LogP contribution is 2.31. The van der Waals surface area contributed by atoms with Crippen LogP contribution in [0.25, 0.3) is 10.6 Å². The maximum atomic E-state index is 12.6. The molecule has 4 rings (SSSR count). The van der Waals surface area contributed by atoms with Gasteiger partial charge < -0.3 is 14.8 Å². The molecule has 0 saturated heterocycles. The second-order valence-electron chi connectivity index (χ2n) is 6.40. The van der Waals surface area contributed by atoms with E-state index in [2.05, 4.69) is 27.6 Å². The first-order chi connectivity index (χ1) is 12.6. The molecular weight excluding hydrogens is 348 g/mol. The third-order valence-corrected chi connectivity index (χ3v) is 5.64. The Kier molecular flexibility index (Phi) is 4.42. The van der Waals surface area contributed by atoms with E-state index in [4.69, 9.17) is 4.98 Å². The van der Waals surface area contributed by atoms with Gasteiger partial charge in [-0.15, -0.1) is 21.5 Å². The molecule has 2 aromatic heterocycles. The number of rotatable bonds is 3. The molecule has 0 bridgehead atoms. The first kappa shape index (κ1) is 16.7. The average Bonchev–Trinajstić information content (AvgIpc) is 3.27. The number of nitrogens with zero attached hydrogens (tertiary/aromatic N) is 5. The van der Waals surface area contributed by atoms with Gasteiger partial charge in [-0.25, -0.2) is 9.78 Å². The number of amides is 2. The van der Waals surface area contributed by atoms with E-state index < -0.39 is 0 Å². The number of hydrogen-bond donors (Lipinski definition) is 1. The third-order valence-electron chi connectivity index (χ3n) is 4.51. The van der Waals surface area contributed by atoms with Crippen LogP contribution in [0.15, 0.2) is 36.7 Å². The summed E-state index contributed by atoms with van der Waals surface area (Å²) in [6.07, 6.45) is 2.41. The summed E-state index contributed by atoms with van der Waals surface area (Å²) in [5, 5.41) is 12.0. The topological polar surface area (TPSA) is 75.9 Å². The predicted molar refractivity (Wildman–Crippen MR) is 99.6 cm³/mol. The molecule has 26 heavy (non-hydrogen) atoms. The monoisotopic (exact) mass is 368 g/mol. The van der Waals surface area contributed by atoms with Crippen LogP contribution >= 0.6 is 11.3 Å². The Bertz CT molecular complexity index is 919. The van der Waals surface area contributed by atoms with Gasteiger partial charge in [-0.05, 0) is 6.92 Å². The van der Waals surface area contributed by atoms with Crippen molar-refractivity contribution < 1.29 is 4.79 Å². The third kappa shape index (κ3) is 3.20. The van der Waals surface area contributed by atoms with Crippen molar-refractivity contribution in [3.8, 4) is 10.6 Å². The number of hydrogen-bond acceptors (Lipinski definition) is 5. The van der Waals surface area contributed by atoms with Gasteiger partial charge in [0.05, 0.1) is 18.3 Å². The fraction of sp³-hybridized carbons (Fsp3) is 0.333. The summed E-state index contributed by atoms with van der Waals surface area (Å²) < 4.78 is 1.81. The van der Waals surface area contributed by atoms with E-state index in [1.165, 1.54) is 0 Å². The average molecular weight is 368 g/mol. The van der Waals surface area contributed by atoms with Crippen LogP contribution in [-0.2, 0) is 20.0 Å². The molecule has 7 nitrogen and oxygen atoms in total. The minimum atomic E-state index is -0.197. The largest absolute Gasteiger partial charge is 0.328 e. The van der Waals surface area contributed by atoms with Gasteiger partial charge in [-0.1, -0.05) is 30.3 Å². The Hall–Kier alpha value is -2.74. The molecule has 8 heteroatoms. The zero-order chi connectivity index (χ0) is 18.1. The minimum Gasteiger partial charge on any atom is -0.328 e. The van der Waals surface area contributed by atoms with Crippen LogP contribution in [0.1, 0.15) is 29.4 Å². The zero-order valence-electron chi connectivity index (χ0n) is 14.7. The van der Waals surface area contributed by atoms with Gasteiger partial charge in [0.2, 0.25) is 0 Å². The molecule has 2 amide bonds. The van der Waals surface area contributed by atoms with Crippen LogP contribution in [-0.4, -0.2) is 37.2 Å². The van der Waals surface area contributed by atoms with Crippen molar-refractivity contribution in [3.05, 3.63) is 53.1 Å². The van der Waals surface area contributed by atoms with Crippen molar-refractivity contribution in [1.82, 2.24) is 30.0 Å². The van der Waals surface area contributed by atoms with Crippen molar-refractivity contribution in [2.24, 2.45) is 7.05 Å². The molecule has 3 heterocycles. The van der Waals surface area contributed by atoms with Crippen LogP contribution in [0.5, 0.6) is 0 Å². The van der Waals surface area contributed by atoms with Crippen molar-refractivity contribution in [2.75, 3.05) is 6.54 Å². The summed E-state index contributed by atoms with van der Waals surface area (Å²) in [5.74, 6) is 0.736.